The van der Waals surface area contributed by atoms with Crippen LogP contribution in [-0.4, -0.2) is 16.0 Å². The summed E-state index contributed by atoms with van der Waals surface area (Å²) in [6.45, 7) is 0. The molecule has 1 rings (SSSR count). The van der Waals surface area contributed by atoms with E-state index in [1.54, 1.807) is 0 Å². The maximum absolute atomic E-state index is 12.3. The molecular weight excluding hydrogens is 240 g/mol. The van der Waals surface area contributed by atoms with Gasteiger partial charge in [0.05, 0.1) is 0 Å². The second-order valence-electron chi connectivity index (χ2n) is 3.12. The molecule has 1 aromatic rings. The molecule has 1 aromatic heterocycles. The van der Waals surface area contributed by atoms with Gasteiger partial charge in [0, 0.05) is 18.8 Å². The molecule has 1 unspecified atom stereocenters. The summed E-state index contributed by atoms with van der Waals surface area (Å²) < 4.78 is 74.1. The van der Waals surface area contributed by atoms with Crippen LogP contribution in [0.2, 0.25) is 0 Å². The van der Waals surface area contributed by atoms with E-state index in [2.05, 4.69) is 5.10 Å². The third kappa shape index (κ3) is 2.46. The van der Waals surface area contributed by atoms with Crippen molar-refractivity contribution in [1.29, 1.82) is 0 Å². The van der Waals surface area contributed by atoms with Crippen LogP contribution in [0.25, 0.3) is 0 Å². The van der Waals surface area contributed by atoms with Crippen LogP contribution in [0.1, 0.15) is 17.3 Å². The summed E-state index contributed by atoms with van der Waals surface area (Å²) in [6, 6.07) is -2.70. The lowest BCUT2D eigenvalue weighted by Gasteiger charge is -2.16. The summed E-state index contributed by atoms with van der Waals surface area (Å²) >= 11 is 0. The van der Waals surface area contributed by atoms with Crippen LogP contribution >= 0.6 is 0 Å². The lowest BCUT2D eigenvalue weighted by molar-refractivity contribution is -0.156. The molecule has 0 aliphatic heterocycles. The van der Waals surface area contributed by atoms with Gasteiger partial charge in [-0.3, -0.25) is 4.68 Å². The number of hydrogen-bond donors (Lipinski definition) is 1. The van der Waals surface area contributed by atoms with Crippen molar-refractivity contribution in [3.8, 4) is 0 Å². The molecule has 2 N–H and O–H groups in total. The highest BCUT2D eigenvalue weighted by Gasteiger charge is 2.45. The normalized spacial score (nSPS) is 15.2. The first-order valence-electron chi connectivity index (χ1n) is 3.96. The zero-order chi connectivity index (χ0) is 12.7. The average molecular weight is 247 g/mol. The lowest BCUT2D eigenvalue weighted by atomic mass is 10.1. The number of aromatic nitrogens is 2. The van der Waals surface area contributed by atoms with E-state index in [0.29, 0.717) is 10.9 Å². The Balaban J connectivity index is 3.24. The zero-order valence-corrected chi connectivity index (χ0v) is 7.89. The number of rotatable bonds is 1. The molecule has 3 nitrogen and oxygen atoms in total. The minimum absolute atomic E-state index is 0.612. The van der Waals surface area contributed by atoms with Crippen molar-refractivity contribution in [3.63, 3.8) is 0 Å². The maximum atomic E-state index is 12.3. The molecule has 0 saturated heterocycles. The van der Waals surface area contributed by atoms with E-state index in [-0.39, 0.29) is 0 Å². The van der Waals surface area contributed by atoms with Gasteiger partial charge in [-0.25, -0.2) is 0 Å². The Morgan fingerprint density at radius 2 is 1.75 bits per heavy atom. The van der Waals surface area contributed by atoms with E-state index in [1.165, 1.54) is 0 Å². The Labute approximate surface area is 85.8 Å². The van der Waals surface area contributed by atoms with Gasteiger partial charge in [-0.05, 0) is 0 Å². The molecule has 9 heteroatoms. The fourth-order valence-electron chi connectivity index (χ4n) is 1.13. The summed E-state index contributed by atoms with van der Waals surface area (Å²) in [5.74, 6) is 0. The summed E-state index contributed by atoms with van der Waals surface area (Å²) in [4.78, 5) is 0. The smallest absolute Gasteiger partial charge is 0.316 e. The molecule has 1 atom stereocenters. The molecule has 0 bridgehead atoms. The summed E-state index contributed by atoms with van der Waals surface area (Å²) in [6.07, 6.45) is -9.29. The maximum Gasteiger partial charge on any atom is 0.435 e. The molecule has 0 aromatic carbocycles. The van der Waals surface area contributed by atoms with Crippen LogP contribution in [0.5, 0.6) is 0 Å². The Bertz CT molecular complexity index is 376. The largest absolute Gasteiger partial charge is 0.435 e. The number of alkyl halides is 6. The molecule has 0 saturated carbocycles. The summed E-state index contributed by atoms with van der Waals surface area (Å²) in [7, 11) is 1.09. The molecule has 0 aliphatic carbocycles. The van der Waals surface area contributed by atoms with E-state index >= 15 is 0 Å². The Morgan fingerprint density at radius 3 is 2.12 bits per heavy atom. The number of nitrogens with two attached hydrogens (primary N) is 1. The standard InChI is InChI=1S/C7H7F6N3/c1-16-2-3(4(14)6(8,9)10)5(15-16)7(11,12)13/h2,4H,14H2,1H3. The van der Waals surface area contributed by atoms with Gasteiger partial charge in [-0.15, -0.1) is 0 Å². The predicted molar refractivity (Wildman–Crippen MR) is 41.2 cm³/mol. The SMILES string of the molecule is Cn1cc(C(N)C(F)(F)F)c(C(F)(F)F)n1. The first kappa shape index (κ1) is 12.8. The number of hydrogen-bond acceptors (Lipinski definition) is 2. The molecule has 0 radical (unpaired) electrons. The molecule has 0 fully saturated rings. The van der Waals surface area contributed by atoms with Crippen molar-refractivity contribution in [2.45, 2.75) is 18.4 Å². The molecule has 0 amide bonds. The van der Waals surface area contributed by atoms with E-state index in [4.69, 9.17) is 5.73 Å². The molecule has 0 spiro atoms. The minimum atomic E-state index is -4.96. The molecule has 92 valence electrons. The van der Waals surface area contributed by atoms with Crippen molar-refractivity contribution in [2.24, 2.45) is 12.8 Å². The van der Waals surface area contributed by atoms with Crippen molar-refractivity contribution in [2.75, 3.05) is 0 Å². The minimum Gasteiger partial charge on any atom is -0.316 e. The van der Waals surface area contributed by atoms with Gasteiger partial charge in [0.1, 0.15) is 6.04 Å². The number of halogens is 6. The highest BCUT2D eigenvalue weighted by molar-refractivity contribution is 5.24. The van der Waals surface area contributed by atoms with Crippen LogP contribution < -0.4 is 5.73 Å². The van der Waals surface area contributed by atoms with E-state index in [9.17, 15) is 26.3 Å². The van der Waals surface area contributed by atoms with Crippen molar-refractivity contribution in [3.05, 3.63) is 17.5 Å². The second kappa shape index (κ2) is 3.65. The van der Waals surface area contributed by atoms with Crippen molar-refractivity contribution < 1.29 is 26.3 Å². The first-order valence-corrected chi connectivity index (χ1v) is 3.96. The third-order valence-electron chi connectivity index (χ3n) is 1.81. The first-order chi connectivity index (χ1) is 7.03. The van der Waals surface area contributed by atoms with Crippen LogP contribution in [-0.2, 0) is 13.2 Å². The van der Waals surface area contributed by atoms with Gasteiger partial charge < -0.3 is 5.73 Å². The average Bonchev–Trinajstić information content (AvgIpc) is 2.43. The van der Waals surface area contributed by atoms with E-state index in [0.717, 1.165) is 7.05 Å². The van der Waals surface area contributed by atoms with Crippen LogP contribution in [0.15, 0.2) is 6.20 Å². The zero-order valence-electron chi connectivity index (χ0n) is 7.89. The van der Waals surface area contributed by atoms with Gasteiger partial charge in [0.25, 0.3) is 0 Å². The van der Waals surface area contributed by atoms with Crippen molar-refractivity contribution >= 4 is 0 Å². The summed E-state index contributed by atoms with van der Waals surface area (Å²) in [5.41, 5.74) is 2.01. The molecule has 0 aliphatic rings. The monoisotopic (exact) mass is 247 g/mol. The Hall–Kier alpha value is -1.25. The highest BCUT2D eigenvalue weighted by Crippen LogP contribution is 2.38. The van der Waals surface area contributed by atoms with Crippen LogP contribution in [0.3, 0.4) is 0 Å². The van der Waals surface area contributed by atoms with Gasteiger partial charge >= 0.3 is 12.4 Å². The predicted octanol–water partition coefficient (Wildman–Crippen LogP) is 2.00. The fraction of sp³-hybridized carbons (Fsp3) is 0.571. The second-order valence-corrected chi connectivity index (χ2v) is 3.12. The lowest BCUT2D eigenvalue weighted by Crippen LogP contribution is -2.30. The van der Waals surface area contributed by atoms with Gasteiger partial charge in [0.2, 0.25) is 0 Å². The van der Waals surface area contributed by atoms with E-state index in [1.807, 2.05) is 0 Å². The molecule has 16 heavy (non-hydrogen) atoms. The molecular formula is C7H7F6N3. The van der Waals surface area contributed by atoms with Gasteiger partial charge in [-0.1, -0.05) is 0 Å². The third-order valence-corrected chi connectivity index (χ3v) is 1.81. The van der Waals surface area contributed by atoms with Crippen LogP contribution in [0, 0.1) is 0 Å². The van der Waals surface area contributed by atoms with Crippen LogP contribution in [0.4, 0.5) is 26.3 Å². The van der Waals surface area contributed by atoms with Gasteiger partial charge in [-0.2, -0.15) is 31.4 Å². The molecule has 1 heterocycles. The Kier molecular flexibility index (Phi) is 2.92. The fourth-order valence-corrected chi connectivity index (χ4v) is 1.13. The van der Waals surface area contributed by atoms with Crippen molar-refractivity contribution in [1.82, 2.24) is 9.78 Å². The number of aryl methyl sites for hydroxylation is 1. The number of nitrogens with zero attached hydrogens (tertiary/aromatic N) is 2. The Morgan fingerprint density at radius 1 is 1.25 bits per heavy atom. The highest BCUT2D eigenvalue weighted by atomic mass is 19.4. The quantitative estimate of drug-likeness (QED) is 0.771. The van der Waals surface area contributed by atoms with Gasteiger partial charge in [0.15, 0.2) is 5.69 Å². The summed E-state index contributed by atoms with van der Waals surface area (Å²) in [5, 5.41) is 2.93. The topological polar surface area (TPSA) is 43.8 Å². The van der Waals surface area contributed by atoms with E-state index < -0.39 is 29.7 Å².